The van der Waals surface area contributed by atoms with Gasteiger partial charge in [-0.05, 0) is 56.7 Å². The van der Waals surface area contributed by atoms with Crippen LogP contribution in [0.15, 0.2) is 42.5 Å². The van der Waals surface area contributed by atoms with Gasteiger partial charge in [-0.3, -0.25) is 0 Å². The summed E-state index contributed by atoms with van der Waals surface area (Å²) < 4.78 is 24.3. The maximum absolute atomic E-state index is 11.3. The monoisotopic (exact) mass is 481 g/mol. The second-order valence-electron chi connectivity index (χ2n) is 8.04. The summed E-state index contributed by atoms with van der Waals surface area (Å²) in [6.45, 7) is 5.61. The molecule has 0 aliphatic carbocycles. The topological polar surface area (TPSA) is 84.2 Å². The SMILES string of the molecule is Cc1cc(NCCS(C)(=O)=O)ccc1-c1cc(C(C)(C)O)nn1-c1c(Cl)cccc1Cl. The first-order valence-electron chi connectivity index (χ1n) is 9.67. The van der Waals surface area contributed by atoms with Gasteiger partial charge in [0.15, 0.2) is 0 Å². The molecule has 0 fully saturated rings. The van der Waals surface area contributed by atoms with Gasteiger partial charge in [0, 0.05) is 24.1 Å². The molecule has 3 rings (SSSR count). The van der Waals surface area contributed by atoms with Crippen LogP contribution in [0.3, 0.4) is 0 Å². The molecule has 2 aromatic carbocycles. The van der Waals surface area contributed by atoms with Crippen molar-refractivity contribution in [3.63, 3.8) is 0 Å². The molecule has 0 saturated carbocycles. The van der Waals surface area contributed by atoms with Crippen molar-refractivity contribution >= 4 is 38.7 Å². The Balaban J connectivity index is 2.07. The number of aliphatic hydroxyl groups is 1. The smallest absolute Gasteiger partial charge is 0.149 e. The van der Waals surface area contributed by atoms with Gasteiger partial charge in [0.05, 0.1) is 27.2 Å². The molecule has 3 aromatic rings. The summed E-state index contributed by atoms with van der Waals surface area (Å²) >= 11 is 12.9. The van der Waals surface area contributed by atoms with E-state index >= 15 is 0 Å². The zero-order valence-corrected chi connectivity index (χ0v) is 20.1. The van der Waals surface area contributed by atoms with E-state index in [4.69, 9.17) is 23.2 Å². The van der Waals surface area contributed by atoms with Gasteiger partial charge >= 0.3 is 0 Å². The number of aryl methyl sites for hydroxylation is 1. The number of anilines is 1. The third kappa shape index (κ3) is 5.60. The summed E-state index contributed by atoms with van der Waals surface area (Å²) in [5.41, 5.74) is 3.22. The van der Waals surface area contributed by atoms with E-state index in [1.165, 1.54) is 6.26 Å². The largest absolute Gasteiger partial charge is 0.384 e. The van der Waals surface area contributed by atoms with E-state index in [-0.39, 0.29) is 5.75 Å². The minimum absolute atomic E-state index is 0.0561. The molecule has 31 heavy (non-hydrogen) atoms. The van der Waals surface area contributed by atoms with Crippen LogP contribution in [0.25, 0.3) is 16.9 Å². The molecule has 0 amide bonds. The molecule has 1 heterocycles. The second-order valence-corrected chi connectivity index (χ2v) is 11.1. The molecule has 0 atom stereocenters. The quantitative estimate of drug-likeness (QED) is 0.504. The summed E-state index contributed by atoms with van der Waals surface area (Å²) in [5.74, 6) is 0.0561. The molecular formula is C22H25Cl2N3O3S. The highest BCUT2D eigenvalue weighted by atomic mass is 35.5. The van der Waals surface area contributed by atoms with Gasteiger partial charge in [-0.15, -0.1) is 0 Å². The lowest BCUT2D eigenvalue weighted by Crippen LogP contribution is -2.16. The molecule has 0 aliphatic rings. The van der Waals surface area contributed by atoms with Gasteiger partial charge in [-0.25, -0.2) is 13.1 Å². The fourth-order valence-electron chi connectivity index (χ4n) is 3.18. The third-order valence-corrected chi connectivity index (χ3v) is 6.35. The molecule has 1 aromatic heterocycles. The number of rotatable bonds is 7. The lowest BCUT2D eigenvalue weighted by Gasteiger charge is -2.14. The van der Waals surface area contributed by atoms with Crippen molar-refractivity contribution in [1.82, 2.24) is 9.78 Å². The van der Waals surface area contributed by atoms with E-state index in [0.717, 1.165) is 22.5 Å². The maximum atomic E-state index is 11.3. The summed E-state index contributed by atoms with van der Waals surface area (Å²) in [4.78, 5) is 0. The van der Waals surface area contributed by atoms with E-state index in [9.17, 15) is 13.5 Å². The molecule has 0 aliphatic heterocycles. The van der Waals surface area contributed by atoms with Gasteiger partial charge in [0.2, 0.25) is 0 Å². The second kappa shape index (κ2) is 8.82. The van der Waals surface area contributed by atoms with Crippen LogP contribution >= 0.6 is 23.2 Å². The highest BCUT2D eigenvalue weighted by Crippen LogP contribution is 2.36. The van der Waals surface area contributed by atoms with Crippen molar-refractivity contribution in [3.8, 4) is 16.9 Å². The highest BCUT2D eigenvalue weighted by Gasteiger charge is 2.25. The highest BCUT2D eigenvalue weighted by molar-refractivity contribution is 7.90. The van der Waals surface area contributed by atoms with Gasteiger partial charge < -0.3 is 10.4 Å². The molecule has 166 valence electrons. The Morgan fingerprint density at radius 3 is 2.32 bits per heavy atom. The van der Waals surface area contributed by atoms with Crippen molar-refractivity contribution < 1.29 is 13.5 Å². The first-order valence-corrected chi connectivity index (χ1v) is 12.5. The van der Waals surface area contributed by atoms with Crippen LogP contribution in [0, 0.1) is 6.92 Å². The number of halogens is 2. The summed E-state index contributed by atoms with van der Waals surface area (Å²) in [5, 5.41) is 19.2. The van der Waals surface area contributed by atoms with Crippen LogP contribution < -0.4 is 5.32 Å². The zero-order chi connectivity index (χ0) is 23.0. The number of sulfone groups is 1. The van der Waals surface area contributed by atoms with Crippen LogP contribution in [-0.2, 0) is 15.4 Å². The van der Waals surface area contributed by atoms with Crippen LogP contribution in [0.5, 0.6) is 0 Å². The van der Waals surface area contributed by atoms with E-state index in [2.05, 4.69) is 10.4 Å². The zero-order valence-electron chi connectivity index (χ0n) is 17.8. The number of nitrogens with zero attached hydrogens (tertiary/aromatic N) is 2. The van der Waals surface area contributed by atoms with E-state index in [1.807, 2.05) is 31.2 Å². The fourth-order valence-corrected chi connectivity index (χ4v) is 4.21. The third-order valence-electron chi connectivity index (χ3n) is 4.79. The van der Waals surface area contributed by atoms with Crippen molar-refractivity contribution in [1.29, 1.82) is 0 Å². The number of hydrogen-bond acceptors (Lipinski definition) is 5. The standard InChI is InChI=1S/C22H25Cl2N3O3S/c1-14-12-15(25-10-11-31(4,29)30)8-9-16(14)19-13-20(22(2,3)28)26-27(19)21-17(23)6-5-7-18(21)24/h5-9,12-13,25,28H,10-11H2,1-4H3. The first-order chi connectivity index (χ1) is 14.4. The first kappa shape index (κ1) is 23.6. The number of nitrogens with one attached hydrogen (secondary N) is 1. The normalized spacial score (nSPS) is 12.2. The Morgan fingerprint density at radius 2 is 1.77 bits per heavy atom. The van der Waals surface area contributed by atoms with Crippen molar-refractivity contribution in [2.24, 2.45) is 0 Å². The Bertz CT molecular complexity index is 1190. The molecule has 9 heteroatoms. The van der Waals surface area contributed by atoms with Crippen molar-refractivity contribution in [3.05, 3.63) is 63.8 Å². The average molecular weight is 482 g/mol. The molecule has 6 nitrogen and oxygen atoms in total. The molecule has 0 saturated heterocycles. The van der Waals surface area contributed by atoms with Crippen LogP contribution in [0.1, 0.15) is 25.1 Å². The van der Waals surface area contributed by atoms with Gasteiger partial charge in [0.25, 0.3) is 0 Å². The van der Waals surface area contributed by atoms with Crippen molar-refractivity contribution in [2.45, 2.75) is 26.4 Å². The molecule has 0 bridgehead atoms. The molecular weight excluding hydrogens is 457 g/mol. The Labute approximate surface area is 192 Å². The van der Waals surface area contributed by atoms with Gasteiger partial charge in [-0.1, -0.05) is 35.3 Å². The summed E-state index contributed by atoms with van der Waals surface area (Å²) in [7, 11) is -3.03. The van der Waals surface area contributed by atoms with Crippen molar-refractivity contribution in [2.75, 3.05) is 23.9 Å². The number of para-hydroxylation sites is 1. The lowest BCUT2D eigenvalue weighted by atomic mass is 10.0. The predicted octanol–water partition coefficient (Wildman–Crippen LogP) is 4.84. The maximum Gasteiger partial charge on any atom is 0.149 e. The van der Waals surface area contributed by atoms with Gasteiger partial charge in [-0.2, -0.15) is 5.10 Å². The minimum atomic E-state index is -3.03. The summed E-state index contributed by atoms with van der Waals surface area (Å²) in [6.07, 6.45) is 1.21. The van der Waals surface area contributed by atoms with Crippen LogP contribution in [0.2, 0.25) is 10.0 Å². The summed E-state index contributed by atoms with van der Waals surface area (Å²) in [6, 6.07) is 12.8. The molecule has 0 unspecified atom stereocenters. The molecule has 0 radical (unpaired) electrons. The minimum Gasteiger partial charge on any atom is -0.384 e. The molecule has 2 N–H and O–H groups in total. The van der Waals surface area contributed by atoms with Gasteiger partial charge in [0.1, 0.15) is 21.1 Å². The number of hydrogen-bond donors (Lipinski definition) is 2. The van der Waals surface area contributed by atoms with E-state index < -0.39 is 15.4 Å². The number of aromatic nitrogens is 2. The van der Waals surface area contributed by atoms with E-state index in [0.29, 0.717) is 28.0 Å². The Morgan fingerprint density at radius 1 is 1.13 bits per heavy atom. The van der Waals surface area contributed by atoms with Crippen LogP contribution in [0.4, 0.5) is 5.69 Å². The Hall–Kier alpha value is -2.06. The molecule has 0 spiro atoms. The predicted molar refractivity (Wildman–Crippen MR) is 127 cm³/mol. The van der Waals surface area contributed by atoms with E-state index in [1.54, 1.807) is 36.7 Å². The Kier molecular flexibility index (Phi) is 6.72. The van der Waals surface area contributed by atoms with Crippen LogP contribution in [-0.4, -0.2) is 41.9 Å². The fraction of sp³-hybridized carbons (Fsp3) is 0.318. The average Bonchev–Trinajstić information content (AvgIpc) is 3.06. The lowest BCUT2D eigenvalue weighted by molar-refractivity contribution is 0.0734. The number of benzene rings is 2.